The van der Waals surface area contributed by atoms with Gasteiger partial charge in [0.25, 0.3) is 5.56 Å². The minimum Gasteiger partial charge on any atom is -0.494 e. The number of ether oxygens (including phenoxy) is 1. The zero-order valence-electron chi connectivity index (χ0n) is 14.8. The maximum absolute atomic E-state index is 12.4. The number of aromatic nitrogens is 2. The minimum atomic E-state index is -0.625. The Morgan fingerprint density at radius 1 is 1.07 bits per heavy atom. The molecular formula is C21H13ClN2O4S. The van der Waals surface area contributed by atoms with Gasteiger partial charge < -0.3 is 9.84 Å². The van der Waals surface area contributed by atoms with Crippen LogP contribution in [0.5, 0.6) is 5.88 Å². The summed E-state index contributed by atoms with van der Waals surface area (Å²) < 4.78 is 6.57. The highest BCUT2D eigenvalue weighted by molar-refractivity contribution is 7.71. The van der Waals surface area contributed by atoms with E-state index in [1.807, 2.05) is 18.2 Å². The molecule has 0 radical (unpaired) electrons. The number of cyclic esters (lactones) is 1. The fourth-order valence-electron chi connectivity index (χ4n) is 2.89. The molecule has 0 atom stereocenters. The van der Waals surface area contributed by atoms with Crippen molar-refractivity contribution < 1.29 is 14.6 Å². The summed E-state index contributed by atoms with van der Waals surface area (Å²) in [6, 6.07) is 15.6. The molecule has 0 amide bonds. The molecule has 144 valence electrons. The smallest absolute Gasteiger partial charge is 0.343 e. The van der Waals surface area contributed by atoms with Crippen molar-refractivity contribution in [3.05, 3.63) is 97.5 Å². The van der Waals surface area contributed by atoms with E-state index >= 15 is 0 Å². The van der Waals surface area contributed by atoms with Crippen molar-refractivity contribution >= 4 is 41.6 Å². The second kappa shape index (κ2) is 7.54. The molecule has 1 aliphatic rings. The molecule has 0 saturated carbocycles. The number of H-pyrrole nitrogens is 1. The number of carbonyl (C=O) groups is 1. The fraction of sp³-hybridized carbons (Fsp3) is 0. The van der Waals surface area contributed by atoms with Gasteiger partial charge in [0.2, 0.25) is 5.88 Å². The quantitative estimate of drug-likeness (QED) is 0.373. The molecule has 3 aromatic rings. The van der Waals surface area contributed by atoms with Crippen LogP contribution in [-0.4, -0.2) is 20.6 Å². The summed E-state index contributed by atoms with van der Waals surface area (Å²) >= 11 is 11.1. The molecule has 0 bridgehead atoms. The third kappa shape index (κ3) is 3.65. The number of hydrogen-bond donors (Lipinski definition) is 2. The van der Waals surface area contributed by atoms with Gasteiger partial charge in [0.1, 0.15) is 11.3 Å². The van der Waals surface area contributed by atoms with Gasteiger partial charge in [0, 0.05) is 10.6 Å². The highest BCUT2D eigenvalue weighted by Crippen LogP contribution is 2.29. The Morgan fingerprint density at radius 3 is 2.45 bits per heavy atom. The molecule has 0 aliphatic carbocycles. The van der Waals surface area contributed by atoms with Crippen LogP contribution in [0.25, 0.3) is 17.5 Å². The predicted octanol–water partition coefficient (Wildman–Crippen LogP) is 4.24. The fourth-order valence-corrected chi connectivity index (χ4v) is 3.30. The Labute approximate surface area is 175 Å². The SMILES string of the molecule is O=C1OC(c2ccccc2)=CC1=Cc1c(O)n(-c2ccc(Cl)cc2)c(=S)[nH]c1=O. The van der Waals surface area contributed by atoms with Gasteiger partial charge in [-0.3, -0.25) is 14.3 Å². The monoisotopic (exact) mass is 424 g/mol. The largest absolute Gasteiger partial charge is 0.494 e. The highest BCUT2D eigenvalue weighted by atomic mass is 35.5. The minimum absolute atomic E-state index is 0.00601. The second-order valence-electron chi connectivity index (χ2n) is 6.17. The molecule has 2 N–H and O–H groups in total. The first-order valence-electron chi connectivity index (χ1n) is 8.49. The Hall–Kier alpha value is -3.42. The topological polar surface area (TPSA) is 84.3 Å². The van der Waals surface area contributed by atoms with Crippen molar-refractivity contribution in [1.82, 2.24) is 9.55 Å². The van der Waals surface area contributed by atoms with E-state index in [-0.39, 0.29) is 15.9 Å². The van der Waals surface area contributed by atoms with Gasteiger partial charge in [0.05, 0.1) is 11.3 Å². The summed E-state index contributed by atoms with van der Waals surface area (Å²) in [6.07, 6.45) is 2.79. The normalized spacial score (nSPS) is 14.7. The van der Waals surface area contributed by atoms with Crippen molar-refractivity contribution in [3.63, 3.8) is 0 Å². The van der Waals surface area contributed by atoms with E-state index in [0.29, 0.717) is 16.5 Å². The van der Waals surface area contributed by atoms with Crippen LogP contribution in [0, 0.1) is 4.77 Å². The molecule has 0 saturated heterocycles. The summed E-state index contributed by atoms with van der Waals surface area (Å²) in [5.41, 5.74) is 0.608. The first kappa shape index (κ1) is 18.9. The van der Waals surface area contributed by atoms with Crippen LogP contribution in [0.2, 0.25) is 5.02 Å². The Morgan fingerprint density at radius 2 is 1.76 bits per heavy atom. The molecule has 29 heavy (non-hydrogen) atoms. The van der Waals surface area contributed by atoms with Crippen LogP contribution < -0.4 is 5.56 Å². The molecule has 1 aliphatic heterocycles. The number of nitrogens with one attached hydrogen (secondary N) is 1. The number of esters is 1. The van der Waals surface area contributed by atoms with E-state index in [1.165, 1.54) is 16.7 Å². The summed E-state index contributed by atoms with van der Waals surface area (Å²) in [5, 5.41) is 11.2. The molecule has 1 aromatic heterocycles. The summed E-state index contributed by atoms with van der Waals surface area (Å²) in [7, 11) is 0. The standard InChI is InChI=1S/C21H13ClN2O4S/c22-14-6-8-15(9-7-14)24-19(26)16(18(25)23-21(24)29)10-13-11-17(28-20(13)27)12-4-2-1-3-5-12/h1-11,26H,(H,23,25,29). The summed E-state index contributed by atoms with van der Waals surface area (Å²) in [5.74, 6) is -0.658. The third-order valence-electron chi connectivity index (χ3n) is 4.29. The third-order valence-corrected chi connectivity index (χ3v) is 4.83. The number of aromatic hydroxyl groups is 1. The van der Waals surface area contributed by atoms with Crippen LogP contribution in [0.3, 0.4) is 0 Å². The Bertz CT molecular complexity index is 1290. The van der Waals surface area contributed by atoms with Crippen LogP contribution in [0.4, 0.5) is 0 Å². The summed E-state index contributed by atoms with van der Waals surface area (Å²) in [4.78, 5) is 27.2. The lowest BCUT2D eigenvalue weighted by molar-refractivity contribution is -0.130. The van der Waals surface area contributed by atoms with Crippen LogP contribution >= 0.6 is 23.8 Å². The highest BCUT2D eigenvalue weighted by Gasteiger charge is 2.23. The number of carbonyl (C=O) groups excluding carboxylic acids is 1. The molecular weight excluding hydrogens is 412 g/mol. The number of rotatable bonds is 3. The average molecular weight is 425 g/mol. The van der Waals surface area contributed by atoms with Gasteiger partial charge in [-0.2, -0.15) is 0 Å². The van der Waals surface area contributed by atoms with Crippen LogP contribution in [-0.2, 0) is 9.53 Å². The van der Waals surface area contributed by atoms with Gasteiger partial charge in [-0.25, -0.2) is 4.79 Å². The van der Waals surface area contributed by atoms with Crippen molar-refractivity contribution in [1.29, 1.82) is 0 Å². The Kier molecular flexibility index (Phi) is 4.92. The van der Waals surface area contributed by atoms with E-state index in [0.717, 1.165) is 5.56 Å². The lowest BCUT2D eigenvalue weighted by Gasteiger charge is -2.11. The van der Waals surface area contributed by atoms with Crippen molar-refractivity contribution in [3.8, 4) is 11.6 Å². The maximum atomic E-state index is 12.4. The molecule has 0 unspecified atom stereocenters. The van der Waals surface area contributed by atoms with Gasteiger partial charge in [0.15, 0.2) is 4.77 Å². The molecule has 2 heterocycles. The molecule has 2 aromatic carbocycles. The summed E-state index contributed by atoms with van der Waals surface area (Å²) in [6.45, 7) is 0. The van der Waals surface area contributed by atoms with Crippen molar-refractivity contribution in [2.45, 2.75) is 0 Å². The zero-order chi connectivity index (χ0) is 20.5. The van der Waals surface area contributed by atoms with Crippen LogP contribution in [0.1, 0.15) is 11.1 Å². The number of nitrogens with zero attached hydrogens (tertiary/aromatic N) is 1. The van der Waals surface area contributed by atoms with E-state index < -0.39 is 17.4 Å². The van der Waals surface area contributed by atoms with Crippen molar-refractivity contribution in [2.75, 3.05) is 0 Å². The molecule has 8 heteroatoms. The van der Waals surface area contributed by atoms with Gasteiger partial charge in [-0.05, 0) is 48.6 Å². The average Bonchev–Trinajstić information content (AvgIpc) is 3.07. The molecule has 4 rings (SSSR count). The lowest BCUT2D eigenvalue weighted by atomic mass is 10.1. The lowest BCUT2D eigenvalue weighted by Crippen LogP contribution is -2.16. The van der Waals surface area contributed by atoms with E-state index in [4.69, 9.17) is 28.6 Å². The number of halogens is 1. The molecule has 6 nitrogen and oxygen atoms in total. The number of aromatic amines is 1. The first-order chi connectivity index (χ1) is 13.9. The van der Waals surface area contributed by atoms with E-state index in [2.05, 4.69) is 4.98 Å². The Balaban J connectivity index is 1.83. The second-order valence-corrected chi connectivity index (χ2v) is 7.00. The van der Waals surface area contributed by atoms with Crippen LogP contribution in [0.15, 0.2) is 71.0 Å². The number of hydrogen-bond acceptors (Lipinski definition) is 5. The predicted molar refractivity (Wildman–Crippen MR) is 112 cm³/mol. The van der Waals surface area contributed by atoms with Crippen molar-refractivity contribution in [2.24, 2.45) is 0 Å². The maximum Gasteiger partial charge on any atom is 0.343 e. The first-order valence-corrected chi connectivity index (χ1v) is 9.28. The number of benzene rings is 2. The zero-order valence-corrected chi connectivity index (χ0v) is 16.3. The molecule has 0 spiro atoms. The van der Waals surface area contributed by atoms with Gasteiger partial charge in [-0.15, -0.1) is 0 Å². The van der Waals surface area contributed by atoms with Gasteiger partial charge in [-0.1, -0.05) is 41.9 Å². The van der Waals surface area contributed by atoms with E-state index in [1.54, 1.807) is 36.4 Å². The molecule has 0 fully saturated rings. The van der Waals surface area contributed by atoms with Gasteiger partial charge >= 0.3 is 5.97 Å². The van der Waals surface area contributed by atoms with E-state index in [9.17, 15) is 14.7 Å².